The maximum atomic E-state index is 13.6. The first kappa shape index (κ1) is 26.5. The lowest BCUT2D eigenvalue weighted by Crippen LogP contribution is -2.43. The monoisotopic (exact) mass is 551 g/mol. The Kier molecular flexibility index (Phi) is 6.92. The molecule has 2 aromatic carbocycles. The third-order valence-electron chi connectivity index (χ3n) is 7.94. The molecule has 2 aromatic heterocycles. The second-order valence-electron chi connectivity index (χ2n) is 10.5. The average molecular weight is 552 g/mol. The zero-order valence-electron chi connectivity index (χ0n) is 23.2. The van der Waals surface area contributed by atoms with Gasteiger partial charge in [-0.05, 0) is 67.8 Å². The fraction of sp³-hybridized carbons (Fsp3) is 0.290. The number of anilines is 6. The SMILES string of the molecule is C=CC(=O)N1CCN(c2cc3cnc(Nc4ccc(N5CCC(O)CC5)cc4)nc3n(C)c2=O)c2cccc(C)c21. The first-order chi connectivity index (χ1) is 19.8. The highest BCUT2D eigenvalue weighted by Gasteiger charge is 2.29. The van der Waals surface area contributed by atoms with E-state index in [9.17, 15) is 14.7 Å². The zero-order chi connectivity index (χ0) is 28.7. The number of aryl methyl sites for hydroxylation is 2. The number of aliphatic hydroxyl groups is 1. The highest BCUT2D eigenvalue weighted by atomic mass is 16.3. The van der Waals surface area contributed by atoms with E-state index in [4.69, 9.17) is 0 Å². The van der Waals surface area contributed by atoms with Gasteiger partial charge in [-0.15, -0.1) is 0 Å². The largest absolute Gasteiger partial charge is 0.393 e. The number of fused-ring (bicyclic) bond motifs is 2. The van der Waals surface area contributed by atoms with E-state index in [1.54, 1.807) is 22.7 Å². The number of rotatable bonds is 5. The van der Waals surface area contributed by atoms with E-state index in [1.807, 2.05) is 60.4 Å². The molecule has 6 rings (SSSR count). The Bertz CT molecular complexity index is 1690. The Morgan fingerprint density at radius 2 is 1.83 bits per heavy atom. The number of aromatic nitrogens is 3. The summed E-state index contributed by atoms with van der Waals surface area (Å²) >= 11 is 0. The number of pyridine rings is 1. The summed E-state index contributed by atoms with van der Waals surface area (Å²) in [7, 11) is 1.71. The van der Waals surface area contributed by atoms with Gasteiger partial charge in [-0.2, -0.15) is 4.98 Å². The fourth-order valence-corrected chi connectivity index (χ4v) is 5.72. The van der Waals surface area contributed by atoms with Crippen molar-refractivity contribution in [3.63, 3.8) is 0 Å². The summed E-state index contributed by atoms with van der Waals surface area (Å²) in [4.78, 5) is 41.4. The Morgan fingerprint density at radius 1 is 1.07 bits per heavy atom. The number of hydrogen-bond acceptors (Lipinski definition) is 8. The minimum Gasteiger partial charge on any atom is -0.393 e. The topological polar surface area (TPSA) is 107 Å². The lowest BCUT2D eigenvalue weighted by molar-refractivity contribution is -0.114. The Hall–Kier alpha value is -4.70. The fourth-order valence-electron chi connectivity index (χ4n) is 5.72. The molecule has 0 atom stereocenters. The van der Waals surface area contributed by atoms with Crippen molar-refractivity contribution < 1.29 is 9.90 Å². The number of piperidine rings is 1. The molecule has 2 aliphatic heterocycles. The number of para-hydroxylation sites is 1. The van der Waals surface area contributed by atoms with E-state index in [0.29, 0.717) is 30.4 Å². The van der Waals surface area contributed by atoms with Crippen LogP contribution in [0.3, 0.4) is 0 Å². The van der Waals surface area contributed by atoms with Gasteiger partial charge in [-0.1, -0.05) is 18.7 Å². The first-order valence-corrected chi connectivity index (χ1v) is 13.8. The number of aliphatic hydroxyl groups excluding tert-OH is 1. The second kappa shape index (κ2) is 10.7. The normalized spacial score (nSPS) is 15.6. The van der Waals surface area contributed by atoms with E-state index in [1.165, 1.54) is 6.08 Å². The van der Waals surface area contributed by atoms with E-state index in [0.717, 1.165) is 59.6 Å². The molecular weight excluding hydrogens is 518 g/mol. The lowest BCUT2D eigenvalue weighted by atomic mass is 10.1. The van der Waals surface area contributed by atoms with E-state index >= 15 is 0 Å². The molecule has 4 heterocycles. The Balaban J connectivity index is 1.29. The van der Waals surface area contributed by atoms with Crippen molar-refractivity contribution in [1.82, 2.24) is 14.5 Å². The summed E-state index contributed by atoms with van der Waals surface area (Å²) in [6.07, 6.45) is 4.39. The number of benzene rings is 2. The summed E-state index contributed by atoms with van der Waals surface area (Å²) in [5.41, 5.74) is 5.31. The van der Waals surface area contributed by atoms with Crippen LogP contribution in [0.15, 0.2) is 72.2 Å². The standard InChI is InChI=1S/C31H33N7O3/c1-4-27(40)38-17-16-37(25-7-5-6-20(2)28(25)38)26-18-21-19-32-31(34-29(21)35(3)30(26)41)33-22-8-10-23(11-9-22)36-14-12-24(39)13-15-36/h4-11,18-19,24,39H,1,12-17H2,2-3H3,(H,32,33,34). The van der Waals surface area contributed by atoms with Gasteiger partial charge in [0.15, 0.2) is 0 Å². The molecule has 41 heavy (non-hydrogen) atoms. The van der Waals surface area contributed by atoms with Crippen LogP contribution in [0.25, 0.3) is 11.0 Å². The predicted molar refractivity (Wildman–Crippen MR) is 163 cm³/mol. The minimum absolute atomic E-state index is 0.166. The van der Waals surface area contributed by atoms with Crippen LogP contribution in [0.1, 0.15) is 18.4 Å². The van der Waals surface area contributed by atoms with Crippen LogP contribution in [0, 0.1) is 6.92 Å². The quantitative estimate of drug-likeness (QED) is 0.359. The number of hydrogen-bond donors (Lipinski definition) is 2. The van der Waals surface area contributed by atoms with Gasteiger partial charge in [0.25, 0.3) is 11.5 Å². The van der Waals surface area contributed by atoms with Gasteiger partial charge in [0.05, 0.1) is 17.5 Å². The summed E-state index contributed by atoms with van der Waals surface area (Å²) in [6, 6.07) is 15.7. The van der Waals surface area contributed by atoms with Gasteiger partial charge >= 0.3 is 0 Å². The van der Waals surface area contributed by atoms with Crippen molar-refractivity contribution >= 4 is 51.3 Å². The molecule has 0 radical (unpaired) electrons. The molecule has 1 amide bonds. The van der Waals surface area contributed by atoms with E-state index < -0.39 is 0 Å². The number of amides is 1. The molecule has 1 saturated heterocycles. The number of nitrogens with one attached hydrogen (secondary N) is 1. The molecule has 210 valence electrons. The molecule has 10 heteroatoms. The highest BCUT2D eigenvalue weighted by molar-refractivity contribution is 6.05. The van der Waals surface area contributed by atoms with Gasteiger partial charge in [-0.25, -0.2) is 4.98 Å². The smallest absolute Gasteiger partial charge is 0.275 e. The first-order valence-electron chi connectivity index (χ1n) is 13.8. The van der Waals surface area contributed by atoms with Gasteiger partial charge < -0.3 is 25.1 Å². The van der Waals surface area contributed by atoms with Crippen LogP contribution in [0.5, 0.6) is 0 Å². The van der Waals surface area contributed by atoms with Crippen molar-refractivity contribution in [2.45, 2.75) is 25.9 Å². The Labute approximate surface area is 238 Å². The van der Waals surface area contributed by atoms with Crippen molar-refractivity contribution in [2.24, 2.45) is 7.05 Å². The van der Waals surface area contributed by atoms with Crippen molar-refractivity contribution in [3.8, 4) is 0 Å². The van der Waals surface area contributed by atoms with E-state index in [2.05, 4.69) is 26.8 Å². The highest BCUT2D eigenvalue weighted by Crippen LogP contribution is 2.39. The number of carbonyl (C=O) groups is 1. The molecule has 0 saturated carbocycles. The van der Waals surface area contributed by atoms with Gasteiger partial charge in [0.2, 0.25) is 5.95 Å². The van der Waals surface area contributed by atoms with E-state index in [-0.39, 0.29) is 17.6 Å². The van der Waals surface area contributed by atoms with Crippen molar-refractivity contribution in [3.05, 3.63) is 83.3 Å². The molecule has 0 spiro atoms. The molecular formula is C31H33N7O3. The second-order valence-corrected chi connectivity index (χ2v) is 10.5. The maximum absolute atomic E-state index is 13.6. The summed E-state index contributed by atoms with van der Waals surface area (Å²) in [5.74, 6) is 0.229. The third kappa shape index (κ3) is 4.91. The molecule has 0 aliphatic carbocycles. The van der Waals surface area contributed by atoms with Crippen molar-refractivity contribution in [2.75, 3.05) is 46.2 Å². The Morgan fingerprint density at radius 3 is 2.56 bits per heavy atom. The molecule has 2 aliphatic rings. The molecule has 1 fully saturated rings. The van der Waals surface area contributed by atoms with Crippen molar-refractivity contribution in [1.29, 1.82) is 0 Å². The third-order valence-corrected chi connectivity index (χ3v) is 7.94. The molecule has 10 nitrogen and oxygen atoms in total. The predicted octanol–water partition coefficient (Wildman–Crippen LogP) is 4.01. The van der Waals surface area contributed by atoms with Gasteiger partial charge in [0, 0.05) is 56.2 Å². The van der Waals surface area contributed by atoms with Crippen LogP contribution in [0.2, 0.25) is 0 Å². The van der Waals surface area contributed by atoms with Gasteiger partial charge in [0.1, 0.15) is 11.3 Å². The lowest BCUT2D eigenvalue weighted by Gasteiger charge is -2.38. The molecule has 0 unspecified atom stereocenters. The molecule has 4 aromatic rings. The molecule has 2 N–H and O–H groups in total. The van der Waals surface area contributed by atoms with Crippen LogP contribution in [-0.2, 0) is 11.8 Å². The maximum Gasteiger partial charge on any atom is 0.275 e. The van der Waals surface area contributed by atoms with Crippen LogP contribution >= 0.6 is 0 Å². The summed E-state index contributed by atoms with van der Waals surface area (Å²) in [5, 5.41) is 13.7. The number of nitrogens with zero attached hydrogens (tertiary/aromatic N) is 6. The minimum atomic E-state index is -0.206. The summed E-state index contributed by atoms with van der Waals surface area (Å²) in [6.45, 7) is 8.18. The number of carbonyl (C=O) groups excluding carboxylic acids is 1. The average Bonchev–Trinajstić information content (AvgIpc) is 2.99. The summed E-state index contributed by atoms with van der Waals surface area (Å²) < 4.78 is 1.54. The van der Waals surface area contributed by atoms with Crippen LogP contribution in [0.4, 0.5) is 34.4 Å². The van der Waals surface area contributed by atoms with Gasteiger partial charge in [-0.3, -0.25) is 14.2 Å². The van der Waals surface area contributed by atoms with Crippen LogP contribution < -0.4 is 25.6 Å². The molecule has 0 bridgehead atoms. The zero-order valence-corrected chi connectivity index (χ0v) is 23.2. The van der Waals surface area contributed by atoms with Crippen LogP contribution in [-0.4, -0.2) is 57.8 Å².